The maximum atomic E-state index is 13.9. The van der Waals surface area contributed by atoms with Crippen molar-refractivity contribution in [3.63, 3.8) is 0 Å². The lowest BCUT2D eigenvalue weighted by Crippen LogP contribution is -2.14. The molecule has 0 saturated heterocycles. The van der Waals surface area contributed by atoms with E-state index in [0.29, 0.717) is 5.56 Å². The highest BCUT2D eigenvalue weighted by Crippen LogP contribution is 2.21. The van der Waals surface area contributed by atoms with E-state index in [1.165, 1.54) is 24.3 Å². The summed E-state index contributed by atoms with van der Waals surface area (Å²) in [7, 11) is 0. The summed E-state index contributed by atoms with van der Waals surface area (Å²) in [4.78, 5) is 12.1. The zero-order valence-electron chi connectivity index (χ0n) is 11.2. The summed E-state index contributed by atoms with van der Waals surface area (Å²) in [6.45, 7) is 1.79. The summed E-state index contributed by atoms with van der Waals surface area (Å²) >= 11 is 4.75. The van der Waals surface area contributed by atoms with Gasteiger partial charge in [0, 0.05) is 5.56 Å². The Kier molecular flexibility index (Phi) is 4.18. The average molecular weight is 304 g/mol. The summed E-state index contributed by atoms with van der Waals surface area (Å²) in [5, 5.41) is 12.1. The number of carbonyl (C=O) groups is 1. The van der Waals surface area contributed by atoms with Gasteiger partial charge in [0.1, 0.15) is 16.6 Å². The van der Waals surface area contributed by atoms with Gasteiger partial charge in [-0.3, -0.25) is 4.79 Å². The molecule has 0 aliphatic rings. The minimum absolute atomic E-state index is 0.0139. The number of anilines is 1. The van der Waals surface area contributed by atoms with Crippen molar-refractivity contribution < 1.29 is 14.3 Å². The Morgan fingerprint density at radius 2 is 2.00 bits per heavy atom. The minimum atomic E-state index is -0.653. The average Bonchev–Trinajstić information content (AvgIpc) is 2.40. The molecule has 2 rings (SSSR count). The predicted octanol–water partition coefficient (Wildman–Crippen LogP) is 2.73. The Labute approximate surface area is 126 Å². The highest BCUT2D eigenvalue weighted by atomic mass is 32.1. The van der Waals surface area contributed by atoms with Crippen molar-refractivity contribution in [3.8, 4) is 5.75 Å². The second-order valence-corrected chi connectivity index (χ2v) is 4.97. The van der Waals surface area contributed by atoms with Gasteiger partial charge in [-0.05, 0) is 42.8 Å². The molecule has 0 aliphatic heterocycles. The monoisotopic (exact) mass is 304 g/mol. The van der Waals surface area contributed by atoms with Crippen molar-refractivity contribution in [2.24, 2.45) is 5.73 Å². The van der Waals surface area contributed by atoms with Crippen molar-refractivity contribution in [1.82, 2.24) is 0 Å². The number of benzene rings is 2. The molecule has 0 radical (unpaired) electrons. The minimum Gasteiger partial charge on any atom is -0.507 e. The first-order valence-electron chi connectivity index (χ1n) is 6.09. The van der Waals surface area contributed by atoms with Gasteiger partial charge in [0.2, 0.25) is 0 Å². The summed E-state index contributed by atoms with van der Waals surface area (Å²) in [5.74, 6) is -1.41. The van der Waals surface area contributed by atoms with E-state index < -0.39 is 11.7 Å². The van der Waals surface area contributed by atoms with Crippen LogP contribution in [0.3, 0.4) is 0 Å². The molecule has 2 aromatic carbocycles. The topological polar surface area (TPSA) is 75.4 Å². The molecule has 0 atom stereocenters. The molecule has 0 aromatic heterocycles. The number of rotatable bonds is 3. The molecule has 4 N–H and O–H groups in total. The Bertz CT molecular complexity index is 732. The van der Waals surface area contributed by atoms with Gasteiger partial charge < -0.3 is 16.2 Å². The number of hydrogen-bond acceptors (Lipinski definition) is 3. The van der Waals surface area contributed by atoms with E-state index in [-0.39, 0.29) is 22.0 Å². The van der Waals surface area contributed by atoms with Crippen molar-refractivity contribution in [3.05, 3.63) is 58.9 Å². The first-order chi connectivity index (χ1) is 9.88. The number of amides is 1. The summed E-state index contributed by atoms with van der Waals surface area (Å²) in [6.07, 6.45) is 0. The molecule has 0 spiro atoms. The van der Waals surface area contributed by atoms with Crippen molar-refractivity contribution >= 4 is 28.8 Å². The lowest BCUT2D eigenvalue weighted by Gasteiger charge is -2.09. The number of carbonyl (C=O) groups excluding carboxylic acids is 1. The number of phenols is 1. The highest BCUT2D eigenvalue weighted by Gasteiger charge is 2.14. The van der Waals surface area contributed by atoms with Crippen LogP contribution in [0.15, 0.2) is 36.4 Å². The third-order valence-corrected chi connectivity index (χ3v) is 3.14. The van der Waals surface area contributed by atoms with Crippen molar-refractivity contribution in [2.45, 2.75) is 6.92 Å². The normalized spacial score (nSPS) is 10.2. The van der Waals surface area contributed by atoms with Crippen molar-refractivity contribution in [1.29, 1.82) is 0 Å². The number of nitrogens with two attached hydrogens (primary N) is 1. The molecule has 0 aliphatic carbocycles. The van der Waals surface area contributed by atoms with E-state index in [9.17, 15) is 14.3 Å². The van der Waals surface area contributed by atoms with Crippen LogP contribution < -0.4 is 11.1 Å². The number of aromatic hydroxyl groups is 1. The third-order valence-electron chi connectivity index (χ3n) is 2.90. The van der Waals surface area contributed by atoms with Crippen LogP contribution in [0, 0.1) is 12.7 Å². The number of hydrogen-bond donors (Lipinski definition) is 3. The van der Waals surface area contributed by atoms with Gasteiger partial charge in [-0.25, -0.2) is 4.39 Å². The molecule has 0 bridgehead atoms. The second kappa shape index (κ2) is 5.88. The molecule has 108 valence electrons. The Morgan fingerprint density at radius 3 is 2.57 bits per heavy atom. The van der Waals surface area contributed by atoms with E-state index in [1.54, 1.807) is 13.0 Å². The van der Waals surface area contributed by atoms with Crippen LogP contribution in [0.25, 0.3) is 0 Å². The Balaban J connectivity index is 2.25. The largest absolute Gasteiger partial charge is 0.507 e. The molecule has 0 fully saturated rings. The first kappa shape index (κ1) is 14.9. The fourth-order valence-electron chi connectivity index (χ4n) is 1.79. The smallest absolute Gasteiger partial charge is 0.259 e. The molecule has 4 nitrogen and oxygen atoms in total. The van der Waals surface area contributed by atoms with E-state index in [0.717, 1.165) is 11.6 Å². The summed E-state index contributed by atoms with van der Waals surface area (Å²) in [6, 6.07) is 8.64. The maximum Gasteiger partial charge on any atom is 0.259 e. The number of thiocarbonyl (C=S) groups is 1. The van der Waals surface area contributed by atoms with E-state index in [4.69, 9.17) is 18.0 Å². The third kappa shape index (κ3) is 3.35. The molecular formula is C15H13FN2O2S. The van der Waals surface area contributed by atoms with Gasteiger partial charge in [0.15, 0.2) is 0 Å². The van der Waals surface area contributed by atoms with Gasteiger partial charge in [-0.1, -0.05) is 18.3 Å². The zero-order chi connectivity index (χ0) is 15.6. The number of phenolic OH excluding ortho intramolecular Hbond substituents is 1. The van der Waals surface area contributed by atoms with Crippen molar-refractivity contribution in [2.75, 3.05) is 5.32 Å². The molecule has 0 saturated carbocycles. The first-order valence-corrected chi connectivity index (χ1v) is 6.49. The van der Waals surface area contributed by atoms with Crippen LogP contribution >= 0.6 is 12.2 Å². The molecule has 2 aromatic rings. The summed E-state index contributed by atoms with van der Waals surface area (Å²) in [5.41, 5.74) is 6.65. The zero-order valence-corrected chi connectivity index (χ0v) is 12.0. The standard InChI is InChI=1S/C15H13FN2O2S/c1-8-2-4-10(13(19)6-8)15(20)18-12-5-3-9(14(17)21)7-11(12)16/h2-7,19H,1H3,(H2,17,21)(H,18,20). The van der Waals surface area contributed by atoms with Crippen LogP contribution in [-0.2, 0) is 0 Å². The quantitative estimate of drug-likeness (QED) is 0.762. The summed E-state index contributed by atoms with van der Waals surface area (Å²) < 4.78 is 13.9. The van der Waals surface area contributed by atoms with Gasteiger partial charge in [0.25, 0.3) is 5.91 Å². The molecule has 0 unspecified atom stereocenters. The highest BCUT2D eigenvalue weighted by molar-refractivity contribution is 7.80. The Hall–Kier alpha value is -2.47. The van der Waals surface area contributed by atoms with E-state index >= 15 is 0 Å². The van der Waals surface area contributed by atoms with E-state index in [1.807, 2.05) is 0 Å². The van der Waals surface area contributed by atoms with Crippen LogP contribution in [0.5, 0.6) is 5.75 Å². The predicted molar refractivity (Wildman–Crippen MR) is 83.1 cm³/mol. The number of aryl methyl sites for hydroxylation is 1. The van der Waals surface area contributed by atoms with Gasteiger partial charge >= 0.3 is 0 Å². The van der Waals surface area contributed by atoms with Gasteiger partial charge in [-0.15, -0.1) is 0 Å². The Morgan fingerprint density at radius 1 is 1.29 bits per heavy atom. The molecule has 6 heteroatoms. The van der Waals surface area contributed by atoms with Crippen LogP contribution in [0.1, 0.15) is 21.5 Å². The van der Waals surface area contributed by atoms with Crippen LogP contribution in [0.4, 0.5) is 10.1 Å². The van der Waals surface area contributed by atoms with E-state index in [2.05, 4.69) is 5.32 Å². The van der Waals surface area contributed by atoms with Gasteiger partial charge in [-0.2, -0.15) is 0 Å². The van der Waals surface area contributed by atoms with Crippen LogP contribution in [0.2, 0.25) is 0 Å². The fourth-order valence-corrected chi connectivity index (χ4v) is 1.92. The lowest BCUT2D eigenvalue weighted by molar-refractivity contribution is 0.102. The number of nitrogens with one attached hydrogen (secondary N) is 1. The number of halogens is 1. The molecular weight excluding hydrogens is 291 g/mol. The maximum absolute atomic E-state index is 13.9. The van der Waals surface area contributed by atoms with Gasteiger partial charge in [0.05, 0.1) is 11.3 Å². The molecule has 21 heavy (non-hydrogen) atoms. The fraction of sp³-hybridized carbons (Fsp3) is 0.0667. The SMILES string of the molecule is Cc1ccc(C(=O)Nc2ccc(C(N)=S)cc2F)c(O)c1. The molecule has 0 heterocycles. The van der Waals surface area contributed by atoms with Crippen LogP contribution in [-0.4, -0.2) is 16.0 Å². The molecule has 1 amide bonds. The lowest BCUT2D eigenvalue weighted by atomic mass is 10.1. The second-order valence-electron chi connectivity index (χ2n) is 4.53.